The smallest absolute Gasteiger partial charge is 0.165 e. The van der Waals surface area contributed by atoms with Crippen molar-refractivity contribution in [3.63, 3.8) is 0 Å². The van der Waals surface area contributed by atoms with E-state index in [9.17, 15) is 0 Å². The van der Waals surface area contributed by atoms with Crippen LogP contribution in [0.3, 0.4) is 0 Å². The maximum absolute atomic E-state index is 5.43. The fourth-order valence-electron chi connectivity index (χ4n) is 8.83. The van der Waals surface area contributed by atoms with Crippen LogP contribution in [-0.2, 0) is 0 Å². The Hall–Kier alpha value is -7.30. The number of nitrogens with zero attached hydrogens (tertiary/aromatic N) is 4. The maximum atomic E-state index is 5.43. The van der Waals surface area contributed by atoms with E-state index in [1.54, 1.807) is 0 Å². The van der Waals surface area contributed by atoms with Crippen LogP contribution in [0.25, 0.3) is 110 Å². The van der Waals surface area contributed by atoms with Crippen molar-refractivity contribution < 1.29 is 0 Å². The molecule has 12 rings (SSSR count). The van der Waals surface area contributed by atoms with Gasteiger partial charge >= 0.3 is 0 Å². The summed E-state index contributed by atoms with van der Waals surface area (Å²) in [4.78, 5) is 10.8. The highest BCUT2D eigenvalue weighted by atomic mass is 15.1. The summed E-state index contributed by atoms with van der Waals surface area (Å²) in [5.74, 6) is 0.818. The summed E-state index contributed by atoms with van der Waals surface area (Å²) in [6.45, 7) is 0. The van der Waals surface area contributed by atoms with Gasteiger partial charge in [0.25, 0.3) is 0 Å². The summed E-state index contributed by atoms with van der Waals surface area (Å²) in [7, 11) is 0. The quantitative estimate of drug-likeness (QED) is 0.173. The lowest BCUT2D eigenvalue weighted by Gasteiger charge is -2.15. The normalized spacial score (nSPS) is 12.1. The minimum absolute atomic E-state index is 0.818. The third-order valence-corrected chi connectivity index (χ3v) is 11.3. The van der Waals surface area contributed by atoms with Crippen LogP contribution < -0.4 is 0 Å². The standard InChI is InChI=1S/C50H30N4/c1-2-14-35-31(12-1)24-25-33-28-34(26-27-36(33)35)49-50(52-43-19-7-6-18-42(43)51-49)54-46-22-10-5-17-39(46)41-30-40-32(29-48(41)54)13-11-23-47(40)53-44-20-8-3-15-37(44)38-16-4-9-21-45(38)53/h1-30H. The number of hydrogen-bond donors (Lipinski definition) is 0. The van der Waals surface area contributed by atoms with Crippen molar-refractivity contribution in [2.45, 2.75) is 0 Å². The van der Waals surface area contributed by atoms with Gasteiger partial charge in [-0.1, -0.05) is 127 Å². The summed E-state index contributed by atoms with van der Waals surface area (Å²) < 4.78 is 4.75. The Kier molecular flexibility index (Phi) is 6.02. The molecule has 12 aromatic rings. The summed E-state index contributed by atoms with van der Waals surface area (Å²) in [6, 6.07) is 65.4. The van der Waals surface area contributed by atoms with Gasteiger partial charge in [-0.15, -0.1) is 0 Å². The minimum atomic E-state index is 0.818. The fraction of sp³-hybridized carbons (Fsp3) is 0. The van der Waals surface area contributed by atoms with Crippen molar-refractivity contribution in [2.24, 2.45) is 0 Å². The molecule has 3 heterocycles. The van der Waals surface area contributed by atoms with Gasteiger partial charge in [0.2, 0.25) is 0 Å². The molecule has 0 bridgehead atoms. The van der Waals surface area contributed by atoms with E-state index in [1.807, 2.05) is 12.1 Å². The van der Waals surface area contributed by atoms with Gasteiger partial charge in [0.15, 0.2) is 5.82 Å². The van der Waals surface area contributed by atoms with Crippen LogP contribution >= 0.6 is 0 Å². The highest BCUT2D eigenvalue weighted by Gasteiger charge is 2.21. The van der Waals surface area contributed by atoms with Crippen molar-refractivity contribution in [1.29, 1.82) is 0 Å². The number of hydrogen-bond acceptors (Lipinski definition) is 2. The second kappa shape index (κ2) is 11.1. The van der Waals surface area contributed by atoms with Crippen LogP contribution in [0, 0.1) is 0 Å². The minimum Gasteiger partial charge on any atom is -0.309 e. The maximum Gasteiger partial charge on any atom is 0.165 e. The van der Waals surface area contributed by atoms with Gasteiger partial charge in [0.05, 0.1) is 38.8 Å². The monoisotopic (exact) mass is 686 g/mol. The summed E-state index contributed by atoms with van der Waals surface area (Å²) in [5, 5.41) is 12.1. The molecule has 4 heteroatoms. The molecule has 0 saturated carbocycles. The fourth-order valence-corrected chi connectivity index (χ4v) is 8.83. The van der Waals surface area contributed by atoms with Gasteiger partial charge in [-0.2, -0.15) is 0 Å². The zero-order chi connectivity index (χ0) is 35.3. The largest absolute Gasteiger partial charge is 0.309 e. The highest BCUT2D eigenvalue weighted by molar-refractivity contribution is 6.16. The molecule has 0 radical (unpaired) electrons. The molecule has 0 atom stereocenters. The average molecular weight is 687 g/mol. The molecule has 0 amide bonds. The number of para-hydroxylation sites is 5. The molecule has 0 aliphatic carbocycles. The SMILES string of the molecule is c1cc(-n2c3ccccc3c3ccccc32)c2cc3c4ccccc4n(-c4nc5ccccc5nc4-c4ccc5c(ccc6ccccc65)c4)c3cc2c1. The second-order valence-electron chi connectivity index (χ2n) is 14.2. The first-order valence-electron chi connectivity index (χ1n) is 18.4. The van der Waals surface area contributed by atoms with E-state index in [0.717, 1.165) is 39.1 Å². The number of aromatic nitrogens is 4. The van der Waals surface area contributed by atoms with Crippen LogP contribution in [0.5, 0.6) is 0 Å². The zero-order valence-electron chi connectivity index (χ0n) is 29.1. The van der Waals surface area contributed by atoms with Gasteiger partial charge in [-0.25, -0.2) is 9.97 Å². The second-order valence-corrected chi connectivity index (χ2v) is 14.2. The molecule has 3 aromatic heterocycles. The lowest BCUT2D eigenvalue weighted by atomic mass is 9.99. The van der Waals surface area contributed by atoms with E-state index < -0.39 is 0 Å². The third-order valence-electron chi connectivity index (χ3n) is 11.3. The Balaban J connectivity index is 1.16. The molecule has 0 spiro atoms. The Morgan fingerprint density at radius 1 is 0.315 bits per heavy atom. The molecule has 0 fully saturated rings. The molecule has 0 aliphatic heterocycles. The number of benzene rings is 9. The van der Waals surface area contributed by atoms with E-state index in [2.05, 4.69) is 179 Å². The van der Waals surface area contributed by atoms with Crippen molar-refractivity contribution in [3.8, 4) is 22.8 Å². The summed E-state index contributed by atoms with van der Waals surface area (Å²) in [5.41, 5.74) is 9.39. The Morgan fingerprint density at radius 3 is 1.63 bits per heavy atom. The van der Waals surface area contributed by atoms with Crippen molar-refractivity contribution in [3.05, 3.63) is 182 Å². The Bertz CT molecular complexity index is 3460. The van der Waals surface area contributed by atoms with Crippen molar-refractivity contribution >= 4 is 87.0 Å². The van der Waals surface area contributed by atoms with E-state index >= 15 is 0 Å². The summed E-state index contributed by atoms with van der Waals surface area (Å²) >= 11 is 0. The topological polar surface area (TPSA) is 35.6 Å². The van der Waals surface area contributed by atoms with Gasteiger partial charge in [0, 0.05) is 32.5 Å². The molecule has 4 nitrogen and oxygen atoms in total. The van der Waals surface area contributed by atoms with Crippen LogP contribution in [0.1, 0.15) is 0 Å². The molecule has 9 aromatic carbocycles. The van der Waals surface area contributed by atoms with E-state index in [4.69, 9.17) is 9.97 Å². The first-order valence-corrected chi connectivity index (χ1v) is 18.4. The van der Waals surface area contributed by atoms with Crippen LogP contribution in [0.2, 0.25) is 0 Å². The lowest BCUT2D eigenvalue weighted by Crippen LogP contribution is -2.04. The lowest BCUT2D eigenvalue weighted by molar-refractivity contribution is 1.08. The number of fused-ring (bicyclic) bond motifs is 11. The molecule has 54 heavy (non-hydrogen) atoms. The predicted octanol–water partition coefficient (Wildman–Crippen LogP) is 13.0. The van der Waals surface area contributed by atoms with Crippen LogP contribution in [0.15, 0.2) is 182 Å². The summed E-state index contributed by atoms with van der Waals surface area (Å²) in [6.07, 6.45) is 0. The van der Waals surface area contributed by atoms with E-state index in [1.165, 1.54) is 70.6 Å². The van der Waals surface area contributed by atoms with Gasteiger partial charge in [-0.05, 0) is 81.5 Å². The van der Waals surface area contributed by atoms with Gasteiger partial charge < -0.3 is 4.57 Å². The van der Waals surface area contributed by atoms with Crippen LogP contribution in [0.4, 0.5) is 0 Å². The molecular formula is C50H30N4. The number of rotatable bonds is 3. The molecule has 0 saturated heterocycles. The molecular weight excluding hydrogens is 657 g/mol. The van der Waals surface area contributed by atoms with E-state index in [-0.39, 0.29) is 0 Å². The molecule has 0 aliphatic rings. The zero-order valence-corrected chi connectivity index (χ0v) is 29.1. The first-order chi connectivity index (χ1) is 26.8. The predicted molar refractivity (Wildman–Crippen MR) is 226 cm³/mol. The van der Waals surface area contributed by atoms with Gasteiger partial charge in [-0.3, -0.25) is 4.57 Å². The average Bonchev–Trinajstić information content (AvgIpc) is 3.74. The molecule has 0 unspecified atom stereocenters. The first kappa shape index (κ1) is 29.3. The van der Waals surface area contributed by atoms with Gasteiger partial charge in [0.1, 0.15) is 5.69 Å². The molecule has 250 valence electrons. The molecule has 0 N–H and O–H groups in total. The Morgan fingerprint density at radius 2 is 0.870 bits per heavy atom. The highest BCUT2D eigenvalue weighted by Crippen LogP contribution is 2.41. The van der Waals surface area contributed by atoms with E-state index in [0.29, 0.717) is 0 Å². The Labute approximate surface area is 309 Å². The third kappa shape index (κ3) is 4.13. The van der Waals surface area contributed by atoms with Crippen molar-refractivity contribution in [1.82, 2.24) is 19.1 Å². The van der Waals surface area contributed by atoms with Crippen molar-refractivity contribution in [2.75, 3.05) is 0 Å². The van der Waals surface area contributed by atoms with Crippen LogP contribution in [-0.4, -0.2) is 19.1 Å².